The molecule has 0 amide bonds. The predicted octanol–water partition coefficient (Wildman–Crippen LogP) is 4.30. The van der Waals surface area contributed by atoms with Gasteiger partial charge in [0.15, 0.2) is 5.40 Å². The number of fused-ring (bicyclic) bond motifs is 1. The SMILES string of the molecule is CCOP(=O)(OCC)C(Cn1cnc2c(C)nnc(C)c21)P(=O)(OCC)OCC. The van der Waals surface area contributed by atoms with Crippen molar-refractivity contribution in [2.45, 2.75) is 53.5 Å². The Morgan fingerprint density at radius 3 is 1.76 bits per heavy atom. The quantitative estimate of drug-likeness (QED) is 0.438. The van der Waals surface area contributed by atoms with Gasteiger partial charge in [-0.05, 0) is 41.5 Å². The zero-order chi connectivity index (χ0) is 21.7. The lowest BCUT2D eigenvalue weighted by atomic mass is 10.3. The van der Waals surface area contributed by atoms with Gasteiger partial charge in [-0.2, -0.15) is 10.2 Å². The van der Waals surface area contributed by atoms with E-state index < -0.39 is 20.6 Å². The zero-order valence-corrected chi connectivity index (χ0v) is 19.6. The van der Waals surface area contributed by atoms with Crippen LogP contribution in [-0.4, -0.2) is 51.6 Å². The molecule has 2 rings (SSSR count). The third-order valence-electron chi connectivity index (χ3n) is 4.20. The molecule has 0 atom stereocenters. The molecule has 0 aliphatic carbocycles. The van der Waals surface area contributed by atoms with Gasteiger partial charge in [0.05, 0.1) is 56.2 Å². The van der Waals surface area contributed by atoms with Crippen LogP contribution in [0.2, 0.25) is 0 Å². The number of hydrogen-bond acceptors (Lipinski definition) is 9. The van der Waals surface area contributed by atoms with E-state index in [1.165, 1.54) is 0 Å². The summed E-state index contributed by atoms with van der Waals surface area (Å²) in [6, 6.07) is 0. The minimum Gasteiger partial charge on any atom is -0.327 e. The molecule has 0 N–H and O–H groups in total. The molecular formula is C17H30N4O6P2. The molecule has 0 fully saturated rings. The number of aromatic nitrogens is 4. The number of rotatable bonds is 12. The van der Waals surface area contributed by atoms with E-state index in [9.17, 15) is 9.13 Å². The van der Waals surface area contributed by atoms with Crippen LogP contribution < -0.4 is 0 Å². The summed E-state index contributed by atoms with van der Waals surface area (Å²) in [5.41, 5.74) is 2.69. The highest BCUT2D eigenvalue weighted by molar-refractivity contribution is 7.72. The molecule has 12 heteroatoms. The van der Waals surface area contributed by atoms with Crippen molar-refractivity contribution in [1.29, 1.82) is 0 Å². The summed E-state index contributed by atoms with van der Waals surface area (Å²) < 4.78 is 51.2. The molecule has 0 unspecified atom stereocenters. The predicted molar refractivity (Wildman–Crippen MR) is 110 cm³/mol. The molecule has 0 aliphatic heterocycles. The van der Waals surface area contributed by atoms with Gasteiger partial charge in [-0.15, -0.1) is 0 Å². The second-order valence-electron chi connectivity index (χ2n) is 6.20. The Labute approximate surface area is 171 Å². The van der Waals surface area contributed by atoms with Crippen LogP contribution >= 0.6 is 15.2 Å². The Hall–Kier alpha value is -1.15. The van der Waals surface area contributed by atoms with Crippen molar-refractivity contribution < 1.29 is 27.2 Å². The van der Waals surface area contributed by atoms with Crippen LogP contribution in [0.3, 0.4) is 0 Å². The third-order valence-corrected chi connectivity index (χ3v) is 10.2. The fraction of sp³-hybridized carbons (Fsp3) is 0.706. The van der Waals surface area contributed by atoms with E-state index in [2.05, 4.69) is 15.2 Å². The number of aryl methyl sites for hydroxylation is 2. The molecule has 29 heavy (non-hydrogen) atoms. The van der Waals surface area contributed by atoms with Gasteiger partial charge in [-0.3, -0.25) is 9.13 Å². The molecule has 0 aromatic carbocycles. The average molecular weight is 448 g/mol. The maximum absolute atomic E-state index is 13.7. The number of imidazole rings is 1. The average Bonchev–Trinajstić information content (AvgIpc) is 3.09. The van der Waals surface area contributed by atoms with Crippen LogP contribution in [0.25, 0.3) is 11.0 Å². The van der Waals surface area contributed by atoms with Crippen LogP contribution in [0.5, 0.6) is 0 Å². The van der Waals surface area contributed by atoms with Gasteiger partial charge in [0.2, 0.25) is 0 Å². The minimum atomic E-state index is -3.85. The fourth-order valence-corrected chi connectivity index (χ4v) is 8.31. The number of nitrogens with zero attached hydrogens (tertiary/aromatic N) is 4. The van der Waals surface area contributed by atoms with Gasteiger partial charge in [-0.25, -0.2) is 4.98 Å². The summed E-state index contributed by atoms with van der Waals surface area (Å²) in [5, 5.41) is 7.06. The molecule has 2 heterocycles. The van der Waals surface area contributed by atoms with E-state index in [1.807, 2.05) is 0 Å². The van der Waals surface area contributed by atoms with E-state index in [0.717, 1.165) is 0 Å². The number of hydrogen-bond donors (Lipinski definition) is 0. The molecule has 0 saturated heterocycles. The van der Waals surface area contributed by atoms with Crippen molar-refractivity contribution >= 4 is 26.2 Å². The second-order valence-corrected chi connectivity index (χ2v) is 11.0. The topological polar surface area (TPSA) is 115 Å². The van der Waals surface area contributed by atoms with Crippen molar-refractivity contribution in [3.8, 4) is 0 Å². The summed E-state index contributed by atoms with van der Waals surface area (Å²) >= 11 is 0. The summed E-state index contributed by atoms with van der Waals surface area (Å²) in [6.07, 6.45) is 1.57. The van der Waals surface area contributed by atoms with Crippen LogP contribution in [0, 0.1) is 13.8 Å². The lowest BCUT2D eigenvalue weighted by Crippen LogP contribution is -2.23. The summed E-state index contributed by atoms with van der Waals surface area (Å²) in [4.78, 5) is 4.40. The first-order valence-corrected chi connectivity index (χ1v) is 12.9. The third kappa shape index (κ3) is 5.13. The van der Waals surface area contributed by atoms with Crippen molar-refractivity contribution in [3.05, 3.63) is 17.7 Å². The molecular weight excluding hydrogens is 418 g/mol. The van der Waals surface area contributed by atoms with Gasteiger partial charge in [0, 0.05) is 0 Å². The van der Waals surface area contributed by atoms with Gasteiger partial charge in [-0.1, -0.05) is 0 Å². The highest BCUT2D eigenvalue weighted by Crippen LogP contribution is 2.70. The zero-order valence-electron chi connectivity index (χ0n) is 17.8. The standard InChI is InChI=1S/C17H30N4O6P2/c1-7-24-28(22,25-8-2)15(29(23,26-9-3)27-10-4)11-21-12-18-16-13(5)19-20-14(6)17(16)21/h12,15H,7-11H2,1-6H3. The lowest BCUT2D eigenvalue weighted by Gasteiger charge is -2.31. The molecule has 10 nitrogen and oxygen atoms in total. The maximum Gasteiger partial charge on any atom is 0.347 e. The Bertz CT molecular complexity index is 869. The van der Waals surface area contributed by atoms with E-state index >= 15 is 0 Å². The van der Waals surface area contributed by atoms with Crippen LogP contribution in [0.1, 0.15) is 39.1 Å². The monoisotopic (exact) mass is 448 g/mol. The van der Waals surface area contributed by atoms with E-state index in [0.29, 0.717) is 22.4 Å². The first-order valence-electron chi connectivity index (χ1n) is 9.68. The Morgan fingerprint density at radius 1 is 0.862 bits per heavy atom. The first-order chi connectivity index (χ1) is 13.8. The van der Waals surface area contributed by atoms with Crippen molar-refractivity contribution in [2.75, 3.05) is 26.4 Å². The molecule has 2 aromatic rings. The molecule has 0 radical (unpaired) electrons. The fourth-order valence-electron chi connectivity index (χ4n) is 3.10. The Kier molecular flexibility index (Phi) is 8.52. The maximum atomic E-state index is 13.7. The molecule has 0 spiro atoms. The highest BCUT2D eigenvalue weighted by Gasteiger charge is 2.51. The van der Waals surface area contributed by atoms with E-state index in [4.69, 9.17) is 18.1 Å². The van der Waals surface area contributed by atoms with Crippen molar-refractivity contribution in [2.24, 2.45) is 0 Å². The van der Waals surface area contributed by atoms with Gasteiger partial charge in [0.25, 0.3) is 0 Å². The van der Waals surface area contributed by atoms with Gasteiger partial charge >= 0.3 is 15.2 Å². The smallest absolute Gasteiger partial charge is 0.327 e. The second kappa shape index (κ2) is 10.2. The van der Waals surface area contributed by atoms with Crippen molar-refractivity contribution in [1.82, 2.24) is 19.7 Å². The normalized spacial score (nSPS) is 12.9. The van der Waals surface area contributed by atoms with E-state index in [-0.39, 0.29) is 33.0 Å². The molecule has 2 aromatic heterocycles. The molecule has 0 saturated carbocycles. The van der Waals surface area contributed by atoms with Gasteiger partial charge in [0.1, 0.15) is 5.52 Å². The van der Waals surface area contributed by atoms with Crippen molar-refractivity contribution in [3.63, 3.8) is 0 Å². The summed E-state index contributed by atoms with van der Waals surface area (Å²) in [7, 11) is -7.71. The molecule has 0 bridgehead atoms. The van der Waals surface area contributed by atoms with E-state index in [1.54, 1.807) is 52.4 Å². The minimum absolute atomic E-state index is 0.00295. The molecule has 164 valence electrons. The first kappa shape index (κ1) is 24.1. The summed E-state index contributed by atoms with van der Waals surface area (Å²) in [5.74, 6) is 0. The lowest BCUT2D eigenvalue weighted by molar-refractivity contribution is 0.192. The highest BCUT2D eigenvalue weighted by atomic mass is 31.2. The van der Waals surface area contributed by atoms with Gasteiger partial charge < -0.3 is 22.7 Å². The van der Waals surface area contributed by atoms with Crippen LogP contribution in [0.4, 0.5) is 0 Å². The molecule has 0 aliphatic rings. The van der Waals surface area contributed by atoms with Crippen LogP contribution in [0.15, 0.2) is 6.33 Å². The largest absolute Gasteiger partial charge is 0.347 e. The Balaban J connectivity index is 2.63. The Morgan fingerprint density at radius 2 is 1.31 bits per heavy atom. The van der Waals surface area contributed by atoms with Crippen LogP contribution in [-0.2, 0) is 33.8 Å². The summed E-state index contributed by atoms with van der Waals surface area (Å²) in [6.45, 7) is 10.9.